The number of likely N-dealkylation sites (N-methyl/N-ethyl adjacent to an activating group) is 1. The summed E-state index contributed by atoms with van der Waals surface area (Å²) in [6.45, 7) is 10.8. The molecule has 0 rings (SSSR count). The standard InChI is InChI=1S/C14H28N2O2/c1-6-12(7-2)13(11(4)18)15-9-14(5,10-17)16-8-3/h10,12-13,15-16H,6-9H2,1-5H3/t13?,14-/m1/s1. The smallest absolute Gasteiger partial charge is 0.146 e. The van der Waals surface area contributed by atoms with Crippen molar-refractivity contribution >= 4 is 12.1 Å². The van der Waals surface area contributed by atoms with Crippen LogP contribution in [0.2, 0.25) is 0 Å². The minimum absolute atomic E-state index is 0.147. The van der Waals surface area contributed by atoms with Gasteiger partial charge in [-0.1, -0.05) is 33.6 Å². The Kier molecular flexibility index (Phi) is 8.03. The maximum atomic E-state index is 11.7. The largest absolute Gasteiger partial charge is 0.305 e. The Morgan fingerprint density at radius 1 is 1.28 bits per heavy atom. The Morgan fingerprint density at radius 3 is 2.17 bits per heavy atom. The molecule has 18 heavy (non-hydrogen) atoms. The van der Waals surface area contributed by atoms with Crippen molar-refractivity contribution in [3.8, 4) is 0 Å². The molecular weight excluding hydrogens is 228 g/mol. The van der Waals surface area contributed by atoms with Gasteiger partial charge in [0.15, 0.2) is 0 Å². The molecule has 0 amide bonds. The van der Waals surface area contributed by atoms with Gasteiger partial charge in [-0.2, -0.15) is 0 Å². The zero-order valence-electron chi connectivity index (χ0n) is 12.4. The molecule has 0 bridgehead atoms. The normalized spacial score (nSPS) is 16.3. The molecule has 0 aromatic carbocycles. The average Bonchev–Trinajstić information content (AvgIpc) is 2.34. The molecule has 4 nitrogen and oxygen atoms in total. The fourth-order valence-electron chi connectivity index (χ4n) is 2.27. The number of nitrogens with one attached hydrogen (secondary N) is 2. The van der Waals surface area contributed by atoms with E-state index in [1.165, 1.54) is 0 Å². The Morgan fingerprint density at radius 2 is 1.83 bits per heavy atom. The van der Waals surface area contributed by atoms with Gasteiger partial charge < -0.3 is 15.4 Å². The van der Waals surface area contributed by atoms with Gasteiger partial charge in [0.25, 0.3) is 0 Å². The van der Waals surface area contributed by atoms with E-state index in [4.69, 9.17) is 0 Å². The fourth-order valence-corrected chi connectivity index (χ4v) is 2.27. The van der Waals surface area contributed by atoms with E-state index in [9.17, 15) is 9.59 Å². The predicted octanol–water partition coefficient (Wildman–Crippen LogP) is 1.54. The van der Waals surface area contributed by atoms with Crippen LogP contribution in [0.15, 0.2) is 0 Å². The Bertz CT molecular complexity index is 265. The maximum Gasteiger partial charge on any atom is 0.146 e. The molecule has 0 aromatic rings. The molecule has 0 saturated carbocycles. The number of carbonyl (C=O) groups is 2. The summed E-state index contributed by atoms with van der Waals surface area (Å²) in [7, 11) is 0. The molecule has 0 radical (unpaired) electrons. The molecule has 4 heteroatoms. The van der Waals surface area contributed by atoms with Gasteiger partial charge in [-0.25, -0.2) is 0 Å². The number of carbonyl (C=O) groups excluding carboxylic acids is 2. The second-order valence-corrected chi connectivity index (χ2v) is 5.11. The minimum Gasteiger partial charge on any atom is -0.305 e. The van der Waals surface area contributed by atoms with Crippen LogP contribution in [0.1, 0.15) is 47.5 Å². The van der Waals surface area contributed by atoms with Crippen molar-refractivity contribution in [2.45, 2.75) is 59.0 Å². The Labute approximate surface area is 111 Å². The van der Waals surface area contributed by atoms with Crippen LogP contribution in [-0.2, 0) is 9.59 Å². The highest BCUT2D eigenvalue weighted by Gasteiger charge is 2.27. The zero-order chi connectivity index (χ0) is 14.2. The second-order valence-electron chi connectivity index (χ2n) is 5.11. The van der Waals surface area contributed by atoms with Crippen molar-refractivity contribution in [1.82, 2.24) is 10.6 Å². The molecule has 0 fully saturated rings. The first-order chi connectivity index (χ1) is 8.44. The summed E-state index contributed by atoms with van der Waals surface area (Å²) in [5.74, 6) is 0.480. The van der Waals surface area contributed by atoms with Crippen LogP contribution in [0, 0.1) is 5.92 Å². The van der Waals surface area contributed by atoms with Crippen molar-refractivity contribution in [2.75, 3.05) is 13.1 Å². The van der Waals surface area contributed by atoms with Gasteiger partial charge in [0.2, 0.25) is 0 Å². The maximum absolute atomic E-state index is 11.7. The quantitative estimate of drug-likeness (QED) is 0.582. The van der Waals surface area contributed by atoms with Crippen molar-refractivity contribution in [2.24, 2.45) is 5.92 Å². The van der Waals surface area contributed by atoms with Gasteiger partial charge in [0, 0.05) is 6.54 Å². The van der Waals surface area contributed by atoms with E-state index < -0.39 is 5.54 Å². The zero-order valence-corrected chi connectivity index (χ0v) is 12.4. The molecule has 0 heterocycles. The number of ketones is 1. The monoisotopic (exact) mass is 256 g/mol. The molecule has 0 aliphatic carbocycles. The summed E-state index contributed by atoms with van der Waals surface area (Å²) in [5, 5.41) is 6.39. The van der Waals surface area contributed by atoms with Crippen molar-refractivity contribution in [1.29, 1.82) is 0 Å². The molecule has 0 aliphatic rings. The molecule has 0 saturated heterocycles. The summed E-state index contributed by atoms with van der Waals surface area (Å²) in [6, 6.07) is -0.155. The Hall–Kier alpha value is -0.740. The summed E-state index contributed by atoms with van der Waals surface area (Å²) in [4.78, 5) is 22.8. The highest BCUT2D eigenvalue weighted by Crippen LogP contribution is 2.14. The topological polar surface area (TPSA) is 58.2 Å². The van der Waals surface area contributed by atoms with Gasteiger partial charge in [-0.05, 0) is 26.3 Å². The van der Waals surface area contributed by atoms with E-state index >= 15 is 0 Å². The van der Waals surface area contributed by atoms with E-state index in [-0.39, 0.29) is 11.8 Å². The van der Waals surface area contributed by atoms with E-state index in [0.29, 0.717) is 12.5 Å². The summed E-state index contributed by atoms with van der Waals surface area (Å²) in [5.41, 5.74) is -0.603. The van der Waals surface area contributed by atoms with Crippen molar-refractivity contribution < 1.29 is 9.59 Å². The fraction of sp³-hybridized carbons (Fsp3) is 0.857. The van der Waals surface area contributed by atoms with E-state index in [2.05, 4.69) is 24.5 Å². The molecular formula is C14H28N2O2. The number of aldehydes is 1. The van der Waals surface area contributed by atoms with Crippen LogP contribution < -0.4 is 10.6 Å². The van der Waals surface area contributed by atoms with Crippen molar-refractivity contribution in [3.63, 3.8) is 0 Å². The van der Waals surface area contributed by atoms with Gasteiger partial charge in [0.1, 0.15) is 12.1 Å². The highest BCUT2D eigenvalue weighted by atomic mass is 16.1. The van der Waals surface area contributed by atoms with Crippen LogP contribution in [0.3, 0.4) is 0 Å². The molecule has 0 aromatic heterocycles. The van der Waals surface area contributed by atoms with Crippen molar-refractivity contribution in [3.05, 3.63) is 0 Å². The number of rotatable bonds is 10. The third-order valence-corrected chi connectivity index (χ3v) is 3.49. The van der Waals surface area contributed by atoms with Gasteiger partial charge in [0.05, 0.1) is 11.6 Å². The van der Waals surface area contributed by atoms with E-state index in [0.717, 1.165) is 25.7 Å². The lowest BCUT2D eigenvalue weighted by Gasteiger charge is -2.30. The SMILES string of the molecule is CCN[C@@](C)(C=O)CNC(C(C)=O)C(CC)CC. The molecule has 0 spiro atoms. The number of Topliss-reactive ketones (excluding diaryl/α,β-unsaturated/α-hetero) is 1. The van der Waals surface area contributed by atoms with E-state index in [1.807, 2.05) is 13.8 Å². The van der Waals surface area contributed by atoms with Gasteiger partial charge in [-0.15, -0.1) is 0 Å². The van der Waals surface area contributed by atoms with Gasteiger partial charge in [-0.3, -0.25) is 4.79 Å². The lowest BCUT2D eigenvalue weighted by atomic mass is 9.90. The first-order valence-corrected chi connectivity index (χ1v) is 6.89. The number of hydrogen-bond acceptors (Lipinski definition) is 4. The average molecular weight is 256 g/mol. The lowest BCUT2D eigenvalue weighted by Crippen LogP contribution is -2.55. The third-order valence-electron chi connectivity index (χ3n) is 3.49. The van der Waals surface area contributed by atoms with Crippen LogP contribution in [-0.4, -0.2) is 36.7 Å². The Balaban J connectivity index is 4.60. The first-order valence-electron chi connectivity index (χ1n) is 6.89. The summed E-state index contributed by atoms with van der Waals surface area (Å²) < 4.78 is 0. The van der Waals surface area contributed by atoms with Gasteiger partial charge >= 0.3 is 0 Å². The summed E-state index contributed by atoms with van der Waals surface area (Å²) >= 11 is 0. The molecule has 1 unspecified atom stereocenters. The molecule has 2 atom stereocenters. The first kappa shape index (κ1) is 17.3. The third kappa shape index (κ3) is 5.27. The van der Waals surface area contributed by atoms with E-state index in [1.54, 1.807) is 6.92 Å². The van der Waals surface area contributed by atoms with Crippen LogP contribution in [0.25, 0.3) is 0 Å². The predicted molar refractivity (Wildman–Crippen MR) is 74.7 cm³/mol. The molecule has 106 valence electrons. The summed E-state index contributed by atoms with van der Waals surface area (Å²) in [6.07, 6.45) is 2.84. The number of hydrogen-bond donors (Lipinski definition) is 2. The van der Waals surface area contributed by atoms with Crippen LogP contribution in [0.4, 0.5) is 0 Å². The minimum atomic E-state index is -0.603. The van der Waals surface area contributed by atoms with Crippen LogP contribution in [0.5, 0.6) is 0 Å². The lowest BCUT2D eigenvalue weighted by molar-refractivity contribution is -0.121. The highest BCUT2D eigenvalue weighted by molar-refractivity contribution is 5.81. The second kappa shape index (κ2) is 8.38. The molecule has 2 N–H and O–H groups in total. The molecule has 0 aliphatic heterocycles. The van der Waals surface area contributed by atoms with Crippen LogP contribution >= 0.6 is 0 Å².